The summed E-state index contributed by atoms with van der Waals surface area (Å²) in [6.45, 7) is 1.18. The van der Waals surface area contributed by atoms with E-state index in [9.17, 15) is 4.79 Å². The first-order valence-electron chi connectivity index (χ1n) is 9.41. The van der Waals surface area contributed by atoms with E-state index in [-0.39, 0.29) is 5.91 Å². The molecule has 6 heteroatoms. The van der Waals surface area contributed by atoms with Crippen LogP contribution in [0.5, 0.6) is 11.5 Å². The fourth-order valence-electron chi connectivity index (χ4n) is 2.93. The number of rotatable bonds is 9. The van der Waals surface area contributed by atoms with Gasteiger partial charge in [-0.1, -0.05) is 36.4 Å². The summed E-state index contributed by atoms with van der Waals surface area (Å²) in [7, 11) is 3.25. The number of pyridine rings is 1. The standard InChI is InChI=1S/C23H25N3O3/c1-28-21-9-8-17(12-22(21)29-2)10-11-25-20-13-19(15-24-16-20)23(27)26-14-18-6-4-3-5-7-18/h3-9,12-13,15-16,25H,10-11,14H2,1-2H3,(H,26,27). The van der Waals surface area contributed by atoms with Crippen molar-refractivity contribution in [1.82, 2.24) is 10.3 Å². The van der Waals surface area contributed by atoms with Crippen molar-refractivity contribution in [2.24, 2.45) is 0 Å². The van der Waals surface area contributed by atoms with Crippen LogP contribution >= 0.6 is 0 Å². The normalized spacial score (nSPS) is 10.3. The van der Waals surface area contributed by atoms with E-state index >= 15 is 0 Å². The van der Waals surface area contributed by atoms with Crippen molar-refractivity contribution in [3.05, 3.63) is 83.7 Å². The highest BCUT2D eigenvalue weighted by Crippen LogP contribution is 2.27. The first-order chi connectivity index (χ1) is 14.2. The molecule has 150 valence electrons. The minimum Gasteiger partial charge on any atom is -0.493 e. The Morgan fingerprint density at radius 3 is 2.48 bits per heavy atom. The van der Waals surface area contributed by atoms with Gasteiger partial charge in [-0.25, -0.2) is 0 Å². The summed E-state index contributed by atoms with van der Waals surface area (Å²) < 4.78 is 10.6. The van der Waals surface area contributed by atoms with Crippen LogP contribution in [0.4, 0.5) is 5.69 Å². The Balaban J connectivity index is 1.54. The highest BCUT2D eigenvalue weighted by Gasteiger charge is 2.08. The molecule has 0 bridgehead atoms. The molecule has 1 aromatic heterocycles. The number of carbonyl (C=O) groups excluding carboxylic acids is 1. The fourth-order valence-corrected chi connectivity index (χ4v) is 2.93. The van der Waals surface area contributed by atoms with Crippen LogP contribution in [0.3, 0.4) is 0 Å². The molecule has 0 unspecified atom stereocenters. The third kappa shape index (κ3) is 5.72. The van der Waals surface area contributed by atoms with Crippen LogP contribution in [-0.4, -0.2) is 31.7 Å². The van der Waals surface area contributed by atoms with Gasteiger partial charge in [0.25, 0.3) is 5.91 Å². The number of aromatic nitrogens is 1. The number of amides is 1. The van der Waals surface area contributed by atoms with Crippen molar-refractivity contribution in [2.75, 3.05) is 26.1 Å². The van der Waals surface area contributed by atoms with Crippen molar-refractivity contribution in [3.63, 3.8) is 0 Å². The first kappa shape index (κ1) is 20.2. The van der Waals surface area contributed by atoms with Crippen molar-refractivity contribution in [1.29, 1.82) is 0 Å². The van der Waals surface area contributed by atoms with Crippen molar-refractivity contribution >= 4 is 11.6 Å². The van der Waals surface area contributed by atoms with Crippen molar-refractivity contribution < 1.29 is 14.3 Å². The Morgan fingerprint density at radius 2 is 1.72 bits per heavy atom. The van der Waals surface area contributed by atoms with Gasteiger partial charge in [-0.05, 0) is 35.7 Å². The highest BCUT2D eigenvalue weighted by atomic mass is 16.5. The molecule has 1 heterocycles. The molecule has 0 aliphatic rings. The predicted molar refractivity (Wildman–Crippen MR) is 114 cm³/mol. The number of methoxy groups -OCH3 is 2. The predicted octanol–water partition coefficient (Wildman–Crippen LogP) is 3.68. The molecule has 29 heavy (non-hydrogen) atoms. The number of carbonyl (C=O) groups is 1. The van der Waals surface area contributed by atoms with Crippen LogP contribution in [0.25, 0.3) is 0 Å². The van der Waals surface area contributed by atoms with E-state index in [0.29, 0.717) is 30.2 Å². The molecule has 0 saturated heterocycles. The Labute approximate surface area is 170 Å². The molecule has 0 aliphatic heterocycles. The molecule has 0 aliphatic carbocycles. The molecule has 0 saturated carbocycles. The summed E-state index contributed by atoms with van der Waals surface area (Å²) in [6, 6.07) is 17.5. The first-order valence-corrected chi connectivity index (χ1v) is 9.41. The molecular weight excluding hydrogens is 366 g/mol. The maximum Gasteiger partial charge on any atom is 0.253 e. The van der Waals surface area contributed by atoms with E-state index in [0.717, 1.165) is 23.2 Å². The molecular formula is C23H25N3O3. The lowest BCUT2D eigenvalue weighted by atomic mass is 10.1. The molecule has 0 radical (unpaired) electrons. The van der Waals surface area contributed by atoms with Crippen molar-refractivity contribution in [2.45, 2.75) is 13.0 Å². The number of benzene rings is 2. The van der Waals surface area contributed by atoms with Crippen molar-refractivity contribution in [3.8, 4) is 11.5 Å². The quantitative estimate of drug-likeness (QED) is 0.582. The lowest BCUT2D eigenvalue weighted by molar-refractivity contribution is 0.0950. The van der Waals surface area contributed by atoms with Gasteiger partial charge in [0.15, 0.2) is 11.5 Å². The second-order valence-electron chi connectivity index (χ2n) is 6.50. The second kappa shape index (κ2) is 10.1. The van der Waals surface area contributed by atoms with Gasteiger partial charge in [0.05, 0.1) is 25.5 Å². The zero-order chi connectivity index (χ0) is 20.5. The number of hydrogen-bond donors (Lipinski definition) is 2. The second-order valence-corrected chi connectivity index (χ2v) is 6.50. The van der Waals surface area contributed by atoms with Gasteiger partial charge in [0.2, 0.25) is 0 Å². The van der Waals surface area contributed by atoms with Crippen LogP contribution in [0.2, 0.25) is 0 Å². The summed E-state index contributed by atoms with van der Waals surface area (Å²) in [5.41, 5.74) is 3.51. The number of nitrogens with one attached hydrogen (secondary N) is 2. The summed E-state index contributed by atoms with van der Waals surface area (Å²) >= 11 is 0. The third-order valence-corrected chi connectivity index (χ3v) is 4.49. The monoisotopic (exact) mass is 391 g/mol. The Morgan fingerprint density at radius 1 is 0.931 bits per heavy atom. The van der Waals surface area contributed by atoms with E-state index in [1.807, 2.05) is 54.6 Å². The summed E-state index contributed by atoms with van der Waals surface area (Å²) in [5, 5.41) is 6.23. The SMILES string of the molecule is COc1ccc(CCNc2cncc(C(=O)NCc3ccccc3)c2)cc1OC. The van der Waals surface area contributed by atoms with Gasteiger partial charge in [-0.15, -0.1) is 0 Å². The molecule has 6 nitrogen and oxygen atoms in total. The number of ether oxygens (including phenoxy) is 2. The average molecular weight is 391 g/mol. The summed E-state index contributed by atoms with van der Waals surface area (Å²) in [5.74, 6) is 1.27. The Hall–Kier alpha value is -3.54. The van der Waals surface area contributed by atoms with Gasteiger partial charge in [0, 0.05) is 25.5 Å². The largest absolute Gasteiger partial charge is 0.493 e. The Kier molecular flexibility index (Phi) is 7.05. The average Bonchev–Trinajstić information content (AvgIpc) is 2.78. The number of anilines is 1. The molecule has 2 aromatic carbocycles. The maximum atomic E-state index is 12.4. The zero-order valence-electron chi connectivity index (χ0n) is 16.6. The van der Waals surface area contributed by atoms with Crippen LogP contribution in [0.1, 0.15) is 21.5 Å². The molecule has 3 rings (SSSR count). The van der Waals surface area contributed by atoms with Gasteiger partial charge in [0.1, 0.15) is 0 Å². The lowest BCUT2D eigenvalue weighted by Gasteiger charge is -2.11. The minimum absolute atomic E-state index is 0.148. The van der Waals surface area contributed by atoms with Crippen LogP contribution in [0, 0.1) is 0 Å². The van der Waals surface area contributed by atoms with E-state index in [4.69, 9.17) is 9.47 Å². The highest BCUT2D eigenvalue weighted by molar-refractivity contribution is 5.94. The molecule has 0 atom stereocenters. The molecule has 0 spiro atoms. The van der Waals surface area contributed by atoms with E-state index in [1.165, 1.54) is 0 Å². The minimum atomic E-state index is -0.148. The van der Waals surface area contributed by atoms with Gasteiger partial charge < -0.3 is 20.1 Å². The van der Waals surface area contributed by atoms with Gasteiger partial charge in [-0.3, -0.25) is 9.78 Å². The van der Waals surface area contributed by atoms with Crippen LogP contribution in [0.15, 0.2) is 67.0 Å². The lowest BCUT2D eigenvalue weighted by Crippen LogP contribution is -2.23. The summed E-state index contributed by atoms with van der Waals surface area (Å²) in [6.07, 6.45) is 4.08. The molecule has 2 N–H and O–H groups in total. The molecule has 3 aromatic rings. The molecule has 0 fully saturated rings. The smallest absolute Gasteiger partial charge is 0.253 e. The Bertz CT molecular complexity index is 945. The van der Waals surface area contributed by atoms with E-state index < -0.39 is 0 Å². The van der Waals surface area contributed by atoms with Crippen LogP contribution in [-0.2, 0) is 13.0 Å². The molecule has 1 amide bonds. The topological polar surface area (TPSA) is 72.5 Å². The zero-order valence-corrected chi connectivity index (χ0v) is 16.6. The van der Waals surface area contributed by atoms with Gasteiger partial charge >= 0.3 is 0 Å². The van der Waals surface area contributed by atoms with Crippen LogP contribution < -0.4 is 20.1 Å². The van der Waals surface area contributed by atoms with E-state index in [1.54, 1.807) is 26.6 Å². The van der Waals surface area contributed by atoms with Gasteiger partial charge in [-0.2, -0.15) is 0 Å². The fraction of sp³-hybridized carbons (Fsp3) is 0.217. The number of nitrogens with zero attached hydrogens (tertiary/aromatic N) is 1. The third-order valence-electron chi connectivity index (χ3n) is 4.49. The number of hydrogen-bond acceptors (Lipinski definition) is 5. The maximum absolute atomic E-state index is 12.4. The summed E-state index contributed by atoms with van der Waals surface area (Å²) in [4.78, 5) is 16.6. The van der Waals surface area contributed by atoms with E-state index in [2.05, 4.69) is 15.6 Å².